The van der Waals surface area contributed by atoms with Crippen molar-refractivity contribution in [2.24, 2.45) is 0 Å². The van der Waals surface area contributed by atoms with Crippen LogP contribution in [0.1, 0.15) is 15.9 Å². The van der Waals surface area contributed by atoms with Crippen molar-refractivity contribution in [3.63, 3.8) is 0 Å². The molecule has 0 atom stereocenters. The zero-order chi connectivity index (χ0) is 13.4. The van der Waals surface area contributed by atoms with E-state index in [0.717, 1.165) is 0 Å². The van der Waals surface area contributed by atoms with Crippen LogP contribution in [0.15, 0.2) is 48.2 Å². The Morgan fingerprint density at radius 2 is 1.84 bits per heavy atom. The van der Waals surface area contributed by atoms with Crippen molar-refractivity contribution < 1.29 is 13.9 Å². The predicted molar refractivity (Wildman–Crippen MR) is 70.8 cm³/mol. The minimum Gasteiger partial charge on any atom is -0.452 e. The van der Waals surface area contributed by atoms with Gasteiger partial charge in [-0.25, -0.2) is 4.39 Å². The summed E-state index contributed by atoms with van der Waals surface area (Å²) in [6.45, 7) is 0. The van der Waals surface area contributed by atoms with Gasteiger partial charge in [0.15, 0.2) is 5.76 Å². The molecule has 2 aromatic carbocycles. The Labute approximate surface area is 114 Å². The number of benzene rings is 2. The fraction of sp³-hybridized carbons (Fsp3) is 0. The van der Waals surface area contributed by atoms with E-state index < -0.39 is 0 Å². The van der Waals surface area contributed by atoms with E-state index in [4.69, 9.17) is 16.3 Å². The molecule has 4 heteroatoms. The van der Waals surface area contributed by atoms with Crippen LogP contribution >= 0.6 is 11.6 Å². The molecule has 3 rings (SSSR count). The lowest BCUT2D eigenvalue weighted by atomic mass is 10.1. The summed E-state index contributed by atoms with van der Waals surface area (Å²) in [7, 11) is 0. The average molecular weight is 275 g/mol. The van der Waals surface area contributed by atoms with E-state index in [2.05, 4.69) is 0 Å². The van der Waals surface area contributed by atoms with Gasteiger partial charge < -0.3 is 4.74 Å². The van der Waals surface area contributed by atoms with E-state index in [1.165, 1.54) is 12.1 Å². The molecule has 2 aromatic rings. The Morgan fingerprint density at radius 3 is 2.58 bits per heavy atom. The van der Waals surface area contributed by atoms with Crippen LogP contribution in [0.4, 0.5) is 4.39 Å². The highest BCUT2D eigenvalue weighted by molar-refractivity contribution is 6.31. The molecule has 2 nitrogen and oxygen atoms in total. The van der Waals surface area contributed by atoms with E-state index in [1.54, 1.807) is 36.4 Å². The molecule has 0 unspecified atom stereocenters. The summed E-state index contributed by atoms with van der Waals surface area (Å²) < 4.78 is 18.3. The highest BCUT2D eigenvalue weighted by Crippen LogP contribution is 2.33. The number of fused-ring (bicyclic) bond motifs is 1. The first-order valence-corrected chi connectivity index (χ1v) is 6.01. The molecule has 19 heavy (non-hydrogen) atoms. The molecule has 0 spiro atoms. The SMILES string of the molecule is O=C1/C(=C/c2ccc(F)cc2)Oc2ccc(Cl)cc21. The maximum Gasteiger partial charge on any atom is 0.232 e. The highest BCUT2D eigenvalue weighted by atomic mass is 35.5. The molecule has 94 valence electrons. The molecule has 0 radical (unpaired) electrons. The van der Waals surface area contributed by atoms with E-state index in [-0.39, 0.29) is 17.4 Å². The molecule has 1 heterocycles. The number of ether oxygens (including phenoxy) is 1. The van der Waals surface area contributed by atoms with Gasteiger partial charge in [0.05, 0.1) is 5.56 Å². The van der Waals surface area contributed by atoms with Crippen LogP contribution in [-0.2, 0) is 0 Å². The van der Waals surface area contributed by atoms with Gasteiger partial charge in [-0.05, 0) is 42.0 Å². The molecule has 1 aliphatic rings. The first kappa shape index (κ1) is 11.9. The van der Waals surface area contributed by atoms with Crippen molar-refractivity contribution in [2.45, 2.75) is 0 Å². The van der Waals surface area contributed by atoms with Gasteiger partial charge in [0.1, 0.15) is 11.6 Å². The number of carbonyl (C=O) groups excluding carboxylic acids is 1. The van der Waals surface area contributed by atoms with Gasteiger partial charge in [0.2, 0.25) is 5.78 Å². The Bertz CT molecular complexity index is 690. The fourth-order valence-electron chi connectivity index (χ4n) is 1.87. The monoisotopic (exact) mass is 274 g/mol. The summed E-state index contributed by atoms with van der Waals surface area (Å²) in [4.78, 5) is 12.1. The summed E-state index contributed by atoms with van der Waals surface area (Å²) in [5.74, 6) is 0.157. The van der Waals surface area contributed by atoms with Crippen molar-refractivity contribution in [2.75, 3.05) is 0 Å². The number of allylic oxidation sites excluding steroid dienone is 1. The zero-order valence-electron chi connectivity index (χ0n) is 9.69. The van der Waals surface area contributed by atoms with Crippen molar-refractivity contribution in [1.82, 2.24) is 0 Å². The van der Waals surface area contributed by atoms with Crippen LogP contribution in [0.3, 0.4) is 0 Å². The van der Waals surface area contributed by atoms with Gasteiger partial charge in [0, 0.05) is 5.02 Å². The molecule has 0 fully saturated rings. The Hall–Kier alpha value is -2.13. The largest absolute Gasteiger partial charge is 0.452 e. The predicted octanol–water partition coefficient (Wildman–Crippen LogP) is 4.10. The molecule has 0 N–H and O–H groups in total. The van der Waals surface area contributed by atoms with E-state index in [9.17, 15) is 9.18 Å². The number of ketones is 1. The average Bonchev–Trinajstić information content (AvgIpc) is 2.70. The number of rotatable bonds is 1. The summed E-state index contributed by atoms with van der Waals surface area (Å²) in [6.07, 6.45) is 1.58. The topological polar surface area (TPSA) is 26.3 Å². The van der Waals surface area contributed by atoms with Crippen LogP contribution in [0, 0.1) is 5.82 Å². The number of carbonyl (C=O) groups is 1. The van der Waals surface area contributed by atoms with E-state index >= 15 is 0 Å². The molecule has 0 amide bonds. The number of halogens is 2. The highest BCUT2D eigenvalue weighted by Gasteiger charge is 2.27. The lowest BCUT2D eigenvalue weighted by Gasteiger charge is -1.98. The van der Waals surface area contributed by atoms with Crippen molar-refractivity contribution in [1.29, 1.82) is 0 Å². The summed E-state index contributed by atoms with van der Waals surface area (Å²) in [6, 6.07) is 10.7. The normalized spacial score (nSPS) is 15.5. The molecule has 0 saturated carbocycles. The summed E-state index contributed by atoms with van der Waals surface area (Å²) in [5.41, 5.74) is 1.14. The van der Waals surface area contributed by atoms with E-state index in [1.807, 2.05) is 0 Å². The van der Waals surface area contributed by atoms with Crippen LogP contribution in [0.2, 0.25) is 5.02 Å². The van der Waals surface area contributed by atoms with Crippen LogP contribution in [0.5, 0.6) is 5.75 Å². The molecule has 0 aromatic heterocycles. The van der Waals surface area contributed by atoms with Gasteiger partial charge in [-0.1, -0.05) is 23.7 Å². The third-order valence-electron chi connectivity index (χ3n) is 2.80. The molecule has 0 aliphatic carbocycles. The van der Waals surface area contributed by atoms with Gasteiger partial charge in [-0.3, -0.25) is 4.79 Å². The molecular weight excluding hydrogens is 267 g/mol. The molecular formula is C15H8ClFO2. The summed E-state index contributed by atoms with van der Waals surface area (Å²) in [5, 5.41) is 0.485. The zero-order valence-corrected chi connectivity index (χ0v) is 10.4. The third kappa shape index (κ3) is 2.25. The second-order valence-electron chi connectivity index (χ2n) is 4.13. The molecule has 0 saturated heterocycles. The Balaban J connectivity index is 1.97. The van der Waals surface area contributed by atoms with Crippen LogP contribution in [-0.4, -0.2) is 5.78 Å². The third-order valence-corrected chi connectivity index (χ3v) is 3.03. The van der Waals surface area contributed by atoms with Gasteiger partial charge in [-0.15, -0.1) is 0 Å². The van der Waals surface area contributed by atoms with Crippen molar-refractivity contribution >= 4 is 23.5 Å². The number of hydrogen-bond acceptors (Lipinski definition) is 2. The number of Topliss-reactive ketones (excluding diaryl/α,β-unsaturated/α-hetero) is 1. The maximum absolute atomic E-state index is 12.8. The standard InChI is InChI=1S/C15H8ClFO2/c16-10-3-6-13-12(8-10)15(18)14(19-13)7-9-1-4-11(17)5-2-9/h1-8H/b14-7-. The second kappa shape index (κ2) is 4.52. The second-order valence-corrected chi connectivity index (χ2v) is 4.57. The quantitative estimate of drug-likeness (QED) is 0.732. The summed E-state index contributed by atoms with van der Waals surface area (Å²) >= 11 is 5.85. The van der Waals surface area contributed by atoms with Crippen molar-refractivity contribution in [3.8, 4) is 5.75 Å². The Kier molecular flexibility index (Phi) is 2.84. The smallest absolute Gasteiger partial charge is 0.232 e. The Morgan fingerprint density at radius 1 is 1.11 bits per heavy atom. The molecule has 1 aliphatic heterocycles. The van der Waals surface area contributed by atoms with Crippen molar-refractivity contribution in [3.05, 3.63) is 70.2 Å². The first-order valence-electron chi connectivity index (χ1n) is 5.63. The minimum atomic E-state index is -0.323. The lowest BCUT2D eigenvalue weighted by molar-refractivity contribution is 0.101. The van der Waals surface area contributed by atoms with Crippen LogP contribution < -0.4 is 4.74 Å². The van der Waals surface area contributed by atoms with Gasteiger partial charge >= 0.3 is 0 Å². The molecule has 0 bridgehead atoms. The minimum absolute atomic E-state index is 0.212. The number of hydrogen-bond donors (Lipinski definition) is 0. The lowest BCUT2D eigenvalue weighted by Crippen LogP contribution is -1.98. The van der Waals surface area contributed by atoms with Gasteiger partial charge in [0.25, 0.3) is 0 Å². The fourth-order valence-corrected chi connectivity index (χ4v) is 2.04. The van der Waals surface area contributed by atoms with Gasteiger partial charge in [-0.2, -0.15) is 0 Å². The van der Waals surface area contributed by atoms with Crippen LogP contribution in [0.25, 0.3) is 6.08 Å². The maximum atomic E-state index is 12.8. The van der Waals surface area contributed by atoms with E-state index in [0.29, 0.717) is 21.9 Å². The first-order chi connectivity index (χ1) is 9.13.